The molecule has 156 valence electrons. The Kier molecular flexibility index (Phi) is 6.23. The minimum Gasteiger partial charge on any atom is -0.303 e. The van der Waals surface area contributed by atoms with E-state index in [1.165, 1.54) is 22.7 Å². The van der Waals surface area contributed by atoms with Crippen molar-refractivity contribution in [3.05, 3.63) is 77.6 Å². The highest BCUT2D eigenvalue weighted by Gasteiger charge is 2.26. The van der Waals surface area contributed by atoms with Gasteiger partial charge in [-0.25, -0.2) is 10.00 Å². The van der Waals surface area contributed by atoms with Crippen LogP contribution in [0, 0.1) is 0 Å². The summed E-state index contributed by atoms with van der Waals surface area (Å²) in [5, 5.41) is 13.0. The van der Waals surface area contributed by atoms with Crippen molar-refractivity contribution >= 4 is 17.5 Å². The van der Waals surface area contributed by atoms with Crippen LogP contribution in [0.1, 0.15) is 22.7 Å². The summed E-state index contributed by atoms with van der Waals surface area (Å²) in [5.41, 5.74) is 6.24. The van der Waals surface area contributed by atoms with Gasteiger partial charge in [-0.05, 0) is 48.4 Å². The molecule has 0 aliphatic carbocycles. The van der Waals surface area contributed by atoms with Gasteiger partial charge in [0.05, 0.1) is 11.7 Å². The third kappa shape index (κ3) is 4.59. The van der Waals surface area contributed by atoms with E-state index in [1.807, 2.05) is 35.1 Å². The Morgan fingerprint density at radius 3 is 2.87 bits per heavy atom. The van der Waals surface area contributed by atoms with Gasteiger partial charge in [0.1, 0.15) is 0 Å². The summed E-state index contributed by atoms with van der Waals surface area (Å²) in [4.78, 5) is 16.1. The largest absolute Gasteiger partial charge is 0.303 e. The van der Waals surface area contributed by atoms with Crippen molar-refractivity contribution in [1.29, 1.82) is 0 Å². The van der Waals surface area contributed by atoms with Crippen LogP contribution < -0.4 is 5.48 Å². The molecule has 2 N–H and O–H groups in total. The number of aromatic nitrogens is 2. The molecule has 7 nitrogen and oxygen atoms in total. The fourth-order valence-corrected chi connectivity index (χ4v) is 4.02. The van der Waals surface area contributed by atoms with E-state index in [9.17, 15) is 4.79 Å². The summed E-state index contributed by atoms with van der Waals surface area (Å²) in [6.07, 6.45) is 7.92. The van der Waals surface area contributed by atoms with E-state index in [2.05, 4.69) is 46.2 Å². The lowest BCUT2D eigenvalue weighted by Gasteiger charge is -2.40. The lowest BCUT2D eigenvalue weighted by Crippen LogP contribution is -2.47. The number of carbonyl (C=O) groups is 1. The number of nitrogens with zero attached hydrogens (tertiary/aromatic N) is 4. The second-order valence-electron chi connectivity index (χ2n) is 7.74. The van der Waals surface area contributed by atoms with Crippen molar-refractivity contribution < 1.29 is 10.0 Å². The van der Waals surface area contributed by atoms with Gasteiger partial charge in [-0.2, -0.15) is 5.10 Å². The zero-order valence-corrected chi connectivity index (χ0v) is 17.1. The Morgan fingerprint density at radius 1 is 1.23 bits per heavy atom. The Balaban J connectivity index is 1.47. The third-order valence-corrected chi connectivity index (χ3v) is 5.73. The number of hydroxylamine groups is 1. The number of fused-ring (bicyclic) bond motifs is 1. The van der Waals surface area contributed by atoms with Crippen LogP contribution in [-0.4, -0.2) is 63.8 Å². The van der Waals surface area contributed by atoms with Crippen LogP contribution in [0.4, 0.5) is 0 Å². The predicted octanol–water partition coefficient (Wildman–Crippen LogP) is 2.38. The number of benzene rings is 1. The first kappa shape index (κ1) is 20.3. The molecule has 1 fully saturated rings. The second-order valence-corrected chi connectivity index (χ2v) is 7.74. The summed E-state index contributed by atoms with van der Waals surface area (Å²) < 4.78 is 1.93. The van der Waals surface area contributed by atoms with Crippen molar-refractivity contribution in [1.82, 2.24) is 24.9 Å². The highest BCUT2D eigenvalue weighted by atomic mass is 16.5. The zero-order valence-electron chi connectivity index (χ0n) is 17.1. The van der Waals surface area contributed by atoms with Gasteiger partial charge in [0.15, 0.2) is 0 Å². The molecular formula is C23H27N5O2. The molecule has 1 aliphatic heterocycles. The number of pyridine rings is 1. The van der Waals surface area contributed by atoms with Gasteiger partial charge in [-0.15, -0.1) is 0 Å². The quantitative estimate of drug-likeness (QED) is 0.374. The van der Waals surface area contributed by atoms with Gasteiger partial charge in [0.25, 0.3) is 5.91 Å². The number of nitrogens with one attached hydrogen (secondary N) is 1. The van der Waals surface area contributed by atoms with E-state index < -0.39 is 5.91 Å². The van der Waals surface area contributed by atoms with E-state index in [0.717, 1.165) is 38.2 Å². The lowest BCUT2D eigenvalue weighted by molar-refractivity contribution is -0.124. The molecule has 1 saturated heterocycles. The van der Waals surface area contributed by atoms with Gasteiger partial charge >= 0.3 is 0 Å². The van der Waals surface area contributed by atoms with Crippen LogP contribution in [0.2, 0.25) is 0 Å². The summed E-state index contributed by atoms with van der Waals surface area (Å²) in [7, 11) is 2.17. The fourth-order valence-electron chi connectivity index (χ4n) is 4.02. The average molecular weight is 406 g/mol. The molecule has 4 rings (SSSR count). The van der Waals surface area contributed by atoms with Crippen LogP contribution in [0.15, 0.2) is 60.9 Å². The Bertz CT molecular complexity index is 1030. The number of piperazine rings is 1. The van der Waals surface area contributed by atoms with Crippen molar-refractivity contribution in [2.45, 2.75) is 12.5 Å². The molecule has 0 bridgehead atoms. The van der Waals surface area contributed by atoms with Crippen LogP contribution >= 0.6 is 0 Å². The first-order valence-corrected chi connectivity index (χ1v) is 10.2. The lowest BCUT2D eigenvalue weighted by atomic mass is 10.00. The van der Waals surface area contributed by atoms with Gasteiger partial charge in [-0.1, -0.05) is 30.3 Å². The van der Waals surface area contributed by atoms with Crippen molar-refractivity contribution in [3.8, 4) is 0 Å². The van der Waals surface area contributed by atoms with E-state index in [1.54, 1.807) is 11.6 Å². The first-order valence-electron chi connectivity index (χ1n) is 10.2. The maximum atomic E-state index is 11.2. The highest BCUT2D eigenvalue weighted by Crippen LogP contribution is 2.26. The maximum absolute atomic E-state index is 11.2. The summed E-state index contributed by atoms with van der Waals surface area (Å²) in [6.45, 7) is 4.05. The molecule has 0 radical (unpaired) electrons. The van der Waals surface area contributed by atoms with Gasteiger partial charge < -0.3 is 4.90 Å². The zero-order chi connectivity index (χ0) is 20.9. The highest BCUT2D eigenvalue weighted by molar-refractivity contribution is 5.90. The van der Waals surface area contributed by atoms with Gasteiger partial charge in [0, 0.05) is 44.5 Å². The molecule has 3 aromatic rings. The number of likely N-dealkylation sites (N-methyl/N-ethyl adjacent to an activating group) is 1. The van der Waals surface area contributed by atoms with E-state index in [0.29, 0.717) is 6.04 Å². The summed E-state index contributed by atoms with van der Waals surface area (Å²) >= 11 is 0. The fraction of sp³-hybridized carbons (Fsp3) is 0.304. The van der Waals surface area contributed by atoms with Crippen LogP contribution in [0.3, 0.4) is 0 Å². The molecule has 0 saturated carbocycles. The Hall–Kier alpha value is -3.00. The van der Waals surface area contributed by atoms with Crippen LogP contribution in [0.5, 0.6) is 0 Å². The Labute approximate surface area is 176 Å². The molecular weight excluding hydrogens is 378 g/mol. The van der Waals surface area contributed by atoms with Crippen LogP contribution in [-0.2, 0) is 11.2 Å². The molecule has 1 aliphatic rings. The summed E-state index contributed by atoms with van der Waals surface area (Å²) in [5.74, 6) is -0.535. The standard InChI is InChI=1S/C23H27N5O2/c1-26-14-15-27(13-11-20-16-24-28-12-3-2-4-21(20)28)22(17-26)19-8-5-18(6-9-19)7-10-23(29)25-30/h2-10,12,16,22,30H,11,13-15,17H2,1H3,(H,25,29). The monoisotopic (exact) mass is 405 g/mol. The van der Waals surface area contributed by atoms with Gasteiger partial charge in [-0.3, -0.25) is 14.9 Å². The number of hydrogen-bond donors (Lipinski definition) is 2. The molecule has 1 amide bonds. The second kappa shape index (κ2) is 9.21. The molecule has 1 aromatic carbocycles. The third-order valence-electron chi connectivity index (χ3n) is 5.73. The smallest absolute Gasteiger partial charge is 0.267 e. The normalized spacial score (nSPS) is 18.3. The molecule has 3 heterocycles. The molecule has 1 atom stereocenters. The van der Waals surface area contributed by atoms with Crippen LogP contribution in [0.25, 0.3) is 11.6 Å². The van der Waals surface area contributed by atoms with Gasteiger partial charge in [0.2, 0.25) is 0 Å². The van der Waals surface area contributed by atoms with Crippen molar-refractivity contribution in [3.63, 3.8) is 0 Å². The number of hydrogen-bond acceptors (Lipinski definition) is 5. The van der Waals surface area contributed by atoms with E-state index in [-0.39, 0.29) is 0 Å². The van der Waals surface area contributed by atoms with E-state index >= 15 is 0 Å². The molecule has 0 spiro atoms. The van der Waals surface area contributed by atoms with E-state index in [4.69, 9.17) is 5.21 Å². The molecule has 1 unspecified atom stereocenters. The first-order chi connectivity index (χ1) is 14.6. The van der Waals surface area contributed by atoms with Crippen molar-refractivity contribution in [2.75, 3.05) is 33.2 Å². The Morgan fingerprint density at radius 2 is 2.07 bits per heavy atom. The van der Waals surface area contributed by atoms with Crippen molar-refractivity contribution in [2.24, 2.45) is 0 Å². The number of rotatable bonds is 6. The molecule has 30 heavy (non-hydrogen) atoms. The minimum atomic E-state index is -0.535. The maximum Gasteiger partial charge on any atom is 0.267 e. The number of amides is 1. The predicted molar refractivity (Wildman–Crippen MR) is 116 cm³/mol. The number of carbonyl (C=O) groups excluding carboxylic acids is 1. The average Bonchev–Trinajstić information content (AvgIpc) is 3.20. The summed E-state index contributed by atoms with van der Waals surface area (Å²) in [6, 6.07) is 14.8. The minimum absolute atomic E-state index is 0.323. The molecule has 7 heteroatoms. The topological polar surface area (TPSA) is 73.1 Å². The SMILES string of the molecule is CN1CCN(CCc2cnn3ccccc23)C(c2ccc(C=CC(=O)NO)cc2)C1. The molecule has 2 aromatic heterocycles.